The molecule has 1 saturated carbocycles. The molecule has 1 heterocycles. The summed E-state index contributed by atoms with van der Waals surface area (Å²) in [6.07, 6.45) is 4.46. The van der Waals surface area contributed by atoms with Gasteiger partial charge in [0, 0.05) is 13.1 Å². The molecule has 2 fully saturated rings. The fourth-order valence-electron chi connectivity index (χ4n) is 2.91. The molecule has 1 aliphatic heterocycles. The van der Waals surface area contributed by atoms with Crippen LogP contribution in [0, 0.1) is 0 Å². The van der Waals surface area contributed by atoms with Crippen LogP contribution >= 0.6 is 0 Å². The Labute approximate surface area is 113 Å². The van der Waals surface area contributed by atoms with Crippen LogP contribution in [0.2, 0.25) is 0 Å². The van der Waals surface area contributed by atoms with Gasteiger partial charge in [0.15, 0.2) is 0 Å². The molecule has 0 spiro atoms. The Bertz CT molecular complexity index is 349. The Hall–Kier alpha value is -1.30. The quantitative estimate of drug-likeness (QED) is 0.704. The van der Waals surface area contributed by atoms with Gasteiger partial charge in [0.25, 0.3) is 0 Å². The van der Waals surface area contributed by atoms with Crippen LogP contribution in [-0.2, 0) is 4.79 Å². The fraction of sp³-hybridized carbons (Fsp3) is 0.846. The summed E-state index contributed by atoms with van der Waals surface area (Å²) in [5, 5.41) is 15.2. The maximum Gasteiger partial charge on any atom is 0.317 e. The molecule has 2 amide bonds. The standard InChI is InChI=1S/C13H23N3O3/c1-16(10-3-7-14-8-4-10)12(19)15-13(5-2-6-13)9-11(17)18/h10,14H,2-9H2,1H3,(H,15,19)(H,17,18). The minimum atomic E-state index is -0.843. The van der Waals surface area contributed by atoms with Gasteiger partial charge in [-0.15, -0.1) is 0 Å². The van der Waals surface area contributed by atoms with Crippen LogP contribution in [0.1, 0.15) is 38.5 Å². The highest BCUT2D eigenvalue weighted by Gasteiger charge is 2.41. The summed E-state index contributed by atoms with van der Waals surface area (Å²) in [5.41, 5.74) is -0.510. The predicted molar refractivity (Wildman–Crippen MR) is 71.0 cm³/mol. The lowest BCUT2D eigenvalue weighted by molar-refractivity contribution is -0.139. The molecule has 0 radical (unpaired) electrons. The lowest BCUT2D eigenvalue weighted by Crippen LogP contribution is -2.59. The number of carbonyl (C=O) groups is 2. The summed E-state index contributed by atoms with van der Waals surface area (Å²) in [7, 11) is 1.80. The molecule has 6 nitrogen and oxygen atoms in total. The normalized spacial score (nSPS) is 22.4. The lowest BCUT2D eigenvalue weighted by Gasteiger charge is -2.43. The number of amides is 2. The summed E-state index contributed by atoms with van der Waals surface area (Å²) < 4.78 is 0. The minimum absolute atomic E-state index is 0.0266. The number of piperidine rings is 1. The zero-order valence-electron chi connectivity index (χ0n) is 11.4. The maximum absolute atomic E-state index is 12.2. The summed E-state index contributed by atoms with van der Waals surface area (Å²) >= 11 is 0. The van der Waals surface area contributed by atoms with Crippen LogP contribution in [0.5, 0.6) is 0 Å². The van der Waals surface area contributed by atoms with Crippen LogP contribution < -0.4 is 10.6 Å². The Kier molecular flexibility index (Phi) is 4.29. The number of carboxylic acid groups (broad SMARTS) is 1. The number of hydrogen-bond donors (Lipinski definition) is 3. The summed E-state index contributed by atoms with van der Waals surface area (Å²) in [6.45, 7) is 1.87. The van der Waals surface area contributed by atoms with E-state index in [0.29, 0.717) is 0 Å². The van der Waals surface area contributed by atoms with Crippen LogP contribution in [0.25, 0.3) is 0 Å². The van der Waals surface area contributed by atoms with Crippen molar-refractivity contribution in [3.05, 3.63) is 0 Å². The number of aliphatic carboxylic acids is 1. The maximum atomic E-state index is 12.2. The van der Waals surface area contributed by atoms with Gasteiger partial charge >= 0.3 is 12.0 Å². The van der Waals surface area contributed by atoms with Gasteiger partial charge in [0.1, 0.15) is 0 Å². The third-order valence-corrected chi connectivity index (χ3v) is 4.35. The van der Waals surface area contributed by atoms with Crippen molar-refractivity contribution < 1.29 is 14.7 Å². The van der Waals surface area contributed by atoms with Gasteiger partial charge in [-0.1, -0.05) is 0 Å². The van der Waals surface area contributed by atoms with Gasteiger partial charge in [-0.3, -0.25) is 4.79 Å². The van der Waals surface area contributed by atoms with E-state index in [1.165, 1.54) is 0 Å². The molecule has 6 heteroatoms. The second-order valence-corrected chi connectivity index (χ2v) is 5.73. The van der Waals surface area contributed by atoms with Crippen LogP contribution in [0.3, 0.4) is 0 Å². The fourth-order valence-corrected chi connectivity index (χ4v) is 2.91. The van der Waals surface area contributed by atoms with Crippen molar-refractivity contribution in [2.24, 2.45) is 0 Å². The van der Waals surface area contributed by atoms with Crippen molar-refractivity contribution in [2.45, 2.75) is 50.1 Å². The zero-order chi connectivity index (χ0) is 13.9. The third-order valence-electron chi connectivity index (χ3n) is 4.35. The topological polar surface area (TPSA) is 81.7 Å². The molecule has 3 N–H and O–H groups in total. The van der Waals surface area contributed by atoms with Crippen molar-refractivity contribution >= 4 is 12.0 Å². The molecular weight excluding hydrogens is 246 g/mol. The number of nitrogens with zero attached hydrogens (tertiary/aromatic N) is 1. The van der Waals surface area contributed by atoms with Gasteiger partial charge in [-0.25, -0.2) is 4.79 Å². The van der Waals surface area contributed by atoms with Crippen molar-refractivity contribution in [2.75, 3.05) is 20.1 Å². The highest BCUT2D eigenvalue weighted by Crippen LogP contribution is 2.35. The molecule has 0 aromatic carbocycles. The molecule has 0 aromatic heterocycles. The van der Waals surface area contributed by atoms with Crippen LogP contribution in [0.4, 0.5) is 4.79 Å². The first-order chi connectivity index (χ1) is 9.02. The number of carbonyl (C=O) groups excluding carboxylic acids is 1. The molecule has 1 saturated heterocycles. The Morgan fingerprint density at radius 1 is 1.37 bits per heavy atom. The van der Waals surface area contributed by atoms with E-state index in [0.717, 1.165) is 45.2 Å². The SMILES string of the molecule is CN(C(=O)NC1(CC(=O)O)CCC1)C1CCNCC1. The van der Waals surface area contributed by atoms with E-state index in [4.69, 9.17) is 5.11 Å². The zero-order valence-corrected chi connectivity index (χ0v) is 11.4. The Balaban J connectivity index is 1.89. The monoisotopic (exact) mass is 269 g/mol. The molecule has 0 bridgehead atoms. The van der Waals surface area contributed by atoms with E-state index in [1.807, 2.05) is 0 Å². The van der Waals surface area contributed by atoms with Crippen LogP contribution in [0.15, 0.2) is 0 Å². The second kappa shape index (κ2) is 5.77. The van der Waals surface area contributed by atoms with Gasteiger partial charge in [-0.2, -0.15) is 0 Å². The van der Waals surface area contributed by atoms with Gasteiger partial charge in [0.05, 0.1) is 12.0 Å². The highest BCUT2D eigenvalue weighted by atomic mass is 16.4. The predicted octanol–water partition coefficient (Wildman–Crippen LogP) is 0.777. The summed E-state index contributed by atoms with van der Waals surface area (Å²) in [4.78, 5) is 24.9. The number of urea groups is 1. The van der Waals surface area contributed by atoms with E-state index >= 15 is 0 Å². The summed E-state index contributed by atoms with van der Waals surface area (Å²) in [6, 6.07) is 0.121. The average molecular weight is 269 g/mol. The number of carboxylic acids is 1. The molecule has 2 rings (SSSR count). The van der Waals surface area contributed by atoms with E-state index in [9.17, 15) is 9.59 Å². The first kappa shape index (κ1) is 14.1. The lowest BCUT2D eigenvalue weighted by atomic mass is 9.74. The first-order valence-electron chi connectivity index (χ1n) is 7.00. The van der Waals surface area contributed by atoms with E-state index in [1.54, 1.807) is 11.9 Å². The van der Waals surface area contributed by atoms with Gasteiger partial charge < -0.3 is 20.6 Å². The van der Waals surface area contributed by atoms with E-state index < -0.39 is 11.5 Å². The number of hydrogen-bond acceptors (Lipinski definition) is 3. The number of rotatable bonds is 4. The highest BCUT2D eigenvalue weighted by molar-refractivity contribution is 5.77. The number of nitrogens with one attached hydrogen (secondary N) is 2. The molecule has 2 aliphatic rings. The Morgan fingerprint density at radius 3 is 2.47 bits per heavy atom. The van der Waals surface area contributed by atoms with Gasteiger partial charge in [-0.05, 0) is 45.2 Å². The van der Waals surface area contributed by atoms with E-state index in [2.05, 4.69) is 10.6 Å². The average Bonchev–Trinajstić information content (AvgIpc) is 2.35. The minimum Gasteiger partial charge on any atom is -0.481 e. The van der Waals surface area contributed by atoms with Crippen molar-refractivity contribution in [3.63, 3.8) is 0 Å². The molecular formula is C13H23N3O3. The third kappa shape index (κ3) is 3.37. The van der Waals surface area contributed by atoms with Crippen LogP contribution in [-0.4, -0.2) is 53.7 Å². The molecule has 19 heavy (non-hydrogen) atoms. The Morgan fingerprint density at radius 2 is 2.00 bits per heavy atom. The second-order valence-electron chi connectivity index (χ2n) is 5.73. The van der Waals surface area contributed by atoms with Crippen molar-refractivity contribution in [1.29, 1.82) is 0 Å². The van der Waals surface area contributed by atoms with Crippen molar-refractivity contribution in [3.8, 4) is 0 Å². The summed E-state index contributed by atoms with van der Waals surface area (Å²) in [5.74, 6) is -0.843. The smallest absolute Gasteiger partial charge is 0.317 e. The molecule has 1 aliphatic carbocycles. The molecule has 0 aromatic rings. The van der Waals surface area contributed by atoms with Crippen molar-refractivity contribution in [1.82, 2.24) is 15.5 Å². The largest absolute Gasteiger partial charge is 0.481 e. The van der Waals surface area contributed by atoms with Gasteiger partial charge in [0.2, 0.25) is 0 Å². The van der Waals surface area contributed by atoms with E-state index in [-0.39, 0.29) is 18.5 Å². The molecule has 108 valence electrons. The first-order valence-corrected chi connectivity index (χ1v) is 7.00. The molecule has 0 atom stereocenters. The molecule has 0 unspecified atom stereocenters.